The Bertz CT molecular complexity index is 122. The zero-order valence-corrected chi connectivity index (χ0v) is 7.68. The molecule has 2 rings (SSSR count). The largest absolute Gasteiger partial charge is 0.0625 e. The molecule has 2 aliphatic carbocycles. The van der Waals surface area contributed by atoms with Crippen LogP contribution in [0.3, 0.4) is 0 Å². The zero-order valence-electron chi connectivity index (χ0n) is 7.68. The van der Waals surface area contributed by atoms with Gasteiger partial charge in [0, 0.05) is 0 Å². The Labute approximate surface area is 70.4 Å². The van der Waals surface area contributed by atoms with Crippen molar-refractivity contribution in [3.05, 3.63) is 0 Å². The molecular formula is C11H20. The highest BCUT2D eigenvalue weighted by molar-refractivity contribution is 4.79. The molecule has 0 aromatic carbocycles. The first-order valence-electron chi connectivity index (χ1n) is 5.34. The van der Waals surface area contributed by atoms with Crippen LogP contribution in [0.1, 0.15) is 51.9 Å². The minimum atomic E-state index is 1.03. The van der Waals surface area contributed by atoms with E-state index in [0.717, 1.165) is 17.8 Å². The highest BCUT2D eigenvalue weighted by Crippen LogP contribution is 2.40. The van der Waals surface area contributed by atoms with Crippen molar-refractivity contribution in [2.75, 3.05) is 0 Å². The molecule has 0 saturated heterocycles. The van der Waals surface area contributed by atoms with Crippen LogP contribution in [-0.2, 0) is 0 Å². The molecule has 0 heteroatoms. The van der Waals surface area contributed by atoms with E-state index in [1.54, 1.807) is 25.7 Å². The third-order valence-electron chi connectivity index (χ3n) is 3.41. The molecule has 2 atom stereocenters. The summed E-state index contributed by atoms with van der Waals surface area (Å²) in [5.74, 6) is 3.31. The molecule has 1 unspecified atom stereocenters. The fraction of sp³-hybridized carbons (Fsp3) is 1.00. The third-order valence-corrected chi connectivity index (χ3v) is 3.41. The summed E-state index contributed by atoms with van der Waals surface area (Å²) in [5.41, 5.74) is 0. The van der Waals surface area contributed by atoms with E-state index in [-0.39, 0.29) is 0 Å². The summed E-state index contributed by atoms with van der Waals surface area (Å²) < 4.78 is 0. The molecule has 0 heterocycles. The van der Waals surface area contributed by atoms with Crippen LogP contribution in [0.4, 0.5) is 0 Å². The monoisotopic (exact) mass is 152 g/mol. The summed E-state index contributed by atoms with van der Waals surface area (Å²) in [6.45, 7) is 2.43. The van der Waals surface area contributed by atoms with Crippen molar-refractivity contribution in [2.24, 2.45) is 17.8 Å². The van der Waals surface area contributed by atoms with Gasteiger partial charge in [0.05, 0.1) is 0 Å². The highest BCUT2D eigenvalue weighted by Gasteiger charge is 2.27. The van der Waals surface area contributed by atoms with E-state index in [1.807, 2.05) is 0 Å². The van der Waals surface area contributed by atoms with Gasteiger partial charge in [-0.05, 0) is 30.6 Å². The maximum absolute atomic E-state index is 2.43. The van der Waals surface area contributed by atoms with E-state index in [1.165, 1.54) is 19.3 Å². The van der Waals surface area contributed by atoms with Gasteiger partial charge in [-0.15, -0.1) is 0 Å². The lowest BCUT2D eigenvalue weighted by Gasteiger charge is -2.26. The Kier molecular flexibility index (Phi) is 2.20. The average Bonchev–Trinajstić information content (AvgIpc) is 2.71. The molecule has 0 N–H and O–H groups in total. The van der Waals surface area contributed by atoms with E-state index in [2.05, 4.69) is 6.92 Å². The molecule has 0 radical (unpaired) electrons. The maximum Gasteiger partial charge on any atom is -0.0409 e. The van der Waals surface area contributed by atoms with Crippen LogP contribution in [0.5, 0.6) is 0 Å². The van der Waals surface area contributed by atoms with Crippen LogP contribution in [0.25, 0.3) is 0 Å². The zero-order chi connectivity index (χ0) is 7.68. The Balaban J connectivity index is 1.73. The molecule has 2 aliphatic rings. The van der Waals surface area contributed by atoms with Crippen LogP contribution in [0.2, 0.25) is 0 Å². The van der Waals surface area contributed by atoms with Crippen molar-refractivity contribution in [3.63, 3.8) is 0 Å². The summed E-state index contributed by atoms with van der Waals surface area (Å²) in [6, 6.07) is 0. The van der Waals surface area contributed by atoms with Crippen LogP contribution >= 0.6 is 0 Å². The molecule has 11 heavy (non-hydrogen) atoms. The van der Waals surface area contributed by atoms with E-state index in [9.17, 15) is 0 Å². The molecule has 0 spiro atoms. The standard InChI is InChI=1S/C11H20/c1-9-3-2-4-11(7-9)8-10-5-6-10/h9-11H,2-8H2,1H3/t9-,11?/m0/s1. The molecule has 0 aliphatic heterocycles. The Morgan fingerprint density at radius 2 is 1.82 bits per heavy atom. The molecule has 0 amide bonds. The predicted octanol–water partition coefficient (Wildman–Crippen LogP) is 3.61. The highest BCUT2D eigenvalue weighted by atomic mass is 14.3. The van der Waals surface area contributed by atoms with E-state index < -0.39 is 0 Å². The van der Waals surface area contributed by atoms with E-state index in [4.69, 9.17) is 0 Å². The van der Waals surface area contributed by atoms with Crippen LogP contribution in [0.15, 0.2) is 0 Å². The van der Waals surface area contributed by atoms with Crippen molar-refractivity contribution in [1.82, 2.24) is 0 Å². The summed E-state index contributed by atoms with van der Waals surface area (Å²) in [4.78, 5) is 0. The minimum Gasteiger partial charge on any atom is -0.0625 e. The van der Waals surface area contributed by atoms with Gasteiger partial charge in [0.15, 0.2) is 0 Å². The van der Waals surface area contributed by atoms with Crippen molar-refractivity contribution in [1.29, 1.82) is 0 Å². The minimum absolute atomic E-state index is 1.03. The predicted molar refractivity (Wildman–Crippen MR) is 48.5 cm³/mol. The van der Waals surface area contributed by atoms with Gasteiger partial charge in [0.2, 0.25) is 0 Å². The maximum atomic E-state index is 2.43. The van der Waals surface area contributed by atoms with Crippen molar-refractivity contribution in [2.45, 2.75) is 51.9 Å². The molecular weight excluding hydrogens is 132 g/mol. The third kappa shape index (κ3) is 2.21. The number of rotatable bonds is 2. The van der Waals surface area contributed by atoms with Crippen LogP contribution in [-0.4, -0.2) is 0 Å². The molecule has 0 bridgehead atoms. The molecule has 0 nitrogen and oxygen atoms in total. The van der Waals surface area contributed by atoms with Gasteiger partial charge < -0.3 is 0 Å². The second kappa shape index (κ2) is 3.16. The average molecular weight is 152 g/mol. The Morgan fingerprint density at radius 3 is 2.45 bits per heavy atom. The fourth-order valence-electron chi connectivity index (χ4n) is 2.60. The second-order valence-electron chi connectivity index (χ2n) is 4.82. The van der Waals surface area contributed by atoms with Crippen molar-refractivity contribution in [3.8, 4) is 0 Å². The summed E-state index contributed by atoms with van der Waals surface area (Å²) in [6.07, 6.45) is 10.8. The van der Waals surface area contributed by atoms with Crippen molar-refractivity contribution >= 4 is 0 Å². The van der Waals surface area contributed by atoms with Crippen LogP contribution in [0, 0.1) is 17.8 Å². The van der Waals surface area contributed by atoms with Gasteiger partial charge in [-0.1, -0.05) is 39.0 Å². The Hall–Kier alpha value is 0. The van der Waals surface area contributed by atoms with Gasteiger partial charge in [0.1, 0.15) is 0 Å². The van der Waals surface area contributed by atoms with E-state index >= 15 is 0 Å². The van der Waals surface area contributed by atoms with Crippen molar-refractivity contribution < 1.29 is 0 Å². The first kappa shape index (κ1) is 7.64. The Morgan fingerprint density at radius 1 is 1.00 bits per heavy atom. The summed E-state index contributed by atoms with van der Waals surface area (Å²) in [7, 11) is 0. The van der Waals surface area contributed by atoms with Gasteiger partial charge >= 0.3 is 0 Å². The first-order chi connectivity index (χ1) is 5.34. The molecule has 0 aromatic rings. The fourth-order valence-corrected chi connectivity index (χ4v) is 2.60. The van der Waals surface area contributed by atoms with Gasteiger partial charge in [-0.25, -0.2) is 0 Å². The van der Waals surface area contributed by atoms with Gasteiger partial charge in [-0.3, -0.25) is 0 Å². The lowest BCUT2D eigenvalue weighted by atomic mass is 9.80. The van der Waals surface area contributed by atoms with E-state index in [0.29, 0.717) is 0 Å². The summed E-state index contributed by atoms with van der Waals surface area (Å²) in [5, 5.41) is 0. The molecule has 0 aromatic heterocycles. The lowest BCUT2D eigenvalue weighted by Crippen LogP contribution is -2.13. The lowest BCUT2D eigenvalue weighted by molar-refractivity contribution is 0.261. The second-order valence-corrected chi connectivity index (χ2v) is 4.82. The smallest absolute Gasteiger partial charge is 0.0409 e. The SMILES string of the molecule is C[C@H]1CCCC(CC2CC2)C1. The quantitative estimate of drug-likeness (QED) is 0.567. The molecule has 64 valence electrons. The van der Waals surface area contributed by atoms with Crippen LogP contribution < -0.4 is 0 Å². The number of hydrogen-bond acceptors (Lipinski definition) is 0. The summed E-state index contributed by atoms with van der Waals surface area (Å²) >= 11 is 0. The number of hydrogen-bond donors (Lipinski definition) is 0. The molecule has 2 saturated carbocycles. The van der Waals surface area contributed by atoms with Gasteiger partial charge in [0.25, 0.3) is 0 Å². The topological polar surface area (TPSA) is 0 Å². The molecule has 2 fully saturated rings. The first-order valence-corrected chi connectivity index (χ1v) is 5.34. The normalized spacial score (nSPS) is 39.0. The van der Waals surface area contributed by atoms with Gasteiger partial charge in [-0.2, -0.15) is 0 Å².